The smallest absolute Gasteiger partial charge is 0.273 e. The molecule has 5 rings (SSSR count). The molecule has 4 aromatic rings. The Labute approximate surface area is 200 Å². The lowest BCUT2D eigenvalue weighted by Gasteiger charge is -2.35. The number of carbonyl (C=O) groups excluding carboxylic acids is 1. The third-order valence-electron chi connectivity index (χ3n) is 6.14. The van der Waals surface area contributed by atoms with Gasteiger partial charge in [-0.3, -0.25) is 4.79 Å². The lowest BCUT2D eigenvalue weighted by Crippen LogP contribution is -2.39. The van der Waals surface area contributed by atoms with Gasteiger partial charge in [-0.05, 0) is 49.1 Å². The minimum atomic E-state index is -0.0476. The normalized spacial score (nSPS) is 15.8. The highest BCUT2D eigenvalue weighted by Gasteiger charge is 2.29. The van der Waals surface area contributed by atoms with Crippen molar-refractivity contribution in [1.82, 2.24) is 19.5 Å². The summed E-state index contributed by atoms with van der Waals surface area (Å²) in [7, 11) is 0. The summed E-state index contributed by atoms with van der Waals surface area (Å²) in [6.07, 6.45) is 1.58. The van der Waals surface area contributed by atoms with Crippen LogP contribution in [0.25, 0.3) is 16.9 Å². The van der Waals surface area contributed by atoms with Crippen molar-refractivity contribution < 1.29 is 4.79 Å². The number of hydrogen-bond acceptors (Lipinski definition) is 3. The first kappa shape index (κ1) is 21.2. The van der Waals surface area contributed by atoms with E-state index in [-0.39, 0.29) is 11.9 Å². The van der Waals surface area contributed by atoms with Crippen LogP contribution in [0.5, 0.6) is 0 Å². The van der Waals surface area contributed by atoms with E-state index >= 15 is 0 Å². The molecule has 5 nitrogen and oxygen atoms in total. The maximum absolute atomic E-state index is 13.5. The molecule has 0 bridgehead atoms. The molecule has 0 saturated heterocycles. The summed E-state index contributed by atoms with van der Waals surface area (Å²) in [6.45, 7) is 4.82. The van der Waals surface area contributed by atoms with Crippen molar-refractivity contribution in [1.29, 1.82) is 0 Å². The summed E-state index contributed by atoms with van der Waals surface area (Å²) in [6, 6.07) is 17.8. The predicted octanol–water partition coefficient (Wildman–Crippen LogP) is 6.13. The second-order valence-electron chi connectivity index (χ2n) is 8.03. The van der Waals surface area contributed by atoms with Crippen molar-refractivity contribution in [2.75, 3.05) is 6.54 Å². The first-order valence-corrected chi connectivity index (χ1v) is 11.9. The van der Waals surface area contributed by atoms with Gasteiger partial charge in [-0.15, -0.1) is 0 Å². The minimum Gasteiger partial charge on any atom is -0.330 e. The van der Waals surface area contributed by atoms with Crippen LogP contribution in [0.15, 0.2) is 59.1 Å². The Balaban J connectivity index is 1.54. The molecule has 1 atom stereocenters. The molecule has 32 heavy (non-hydrogen) atoms. The van der Waals surface area contributed by atoms with Crippen molar-refractivity contribution in [3.63, 3.8) is 0 Å². The standard InChI is InChI=1S/C25H22BrClN4O/c1-3-18-13-23(25(32)30-11-10-16-6-4-5-7-19(16)15(30)2)28-24-14-22(29-31(18)24)20-9-8-17(26)12-21(20)27/h4-9,12-15H,3,10-11H2,1-2H3. The Morgan fingerprint density at radius 3 is 2.78 bits per heavy atom. The molecule has 2 aromatic heterocycles. The molecule has 1 aliphatic rings. The molecular formula is C25H22BrClN4O. The Hall–Kier alpha value is -2.70. The number of benzene rings is 2. The lowest BCUT2D eigenvalue weighted by atomic mass is 9.93. The van der Waals surface area contributed by atoms with Crippen LogP contribution in [0.2, 0.25) is 5.02 Å². The molecule has 0 N–H and O–H groups in total. The van der Waals surface area contributed by atoms with Crippen LogP contribution in [0, 0.1) is 0 Å². The molecule has 162 valence electrons. The molecule has 0 spiro atoms. The second-order valence-corrected chi connectivity index (χ2v) is 9.36. The number of hydrogen-bond donors (Lipinski definition) is 0. The number of fused-ring (bicyclic) bond motifs is 2. The average Bonchev–Trinajstić information content (AvgIpc) is 3.22. The Morgan fingerprint density at radius 2 is 2.00 bits per heavy atom. The van der Waals surface area contributed by atoms with Crippen LogP contribution in [0.3, 0.4) is 0 Å². The van der Waals surface area contributed by atoms with Gasteiger partial charge in [-0.25, -0.2) is 9.50 Å². The van der Waals surface area contributed by atoms with Gasteiger partial charge in [0.2, 0.25) is 0 Å². The Morgan fingerprint density at radius 1 is 1.19 bits per heavy atom. The van der Waals surface area contributed by atoms with Gasteiger partial charge in [-0.1, -0.05) is 64.8 Å². The van der Waals surface area contributed by atoms with E-state index in [9.17, 15) is 4.79 Å². The van der Waals surface area contributed by atoms with Gasteiger partial charge in [0.15, 0.2) is 5.65 Å². The zero-order valence-corrected chi connectivity index (χ0v) is 20.2. The number of aryl methyl sites for hydroxylation is 1. The number of halogens is 2. The van der Waals surface area contributed by atoms with Crippen LogP contribution in [-0.4, -0.2) is 31.9 Å². The predicted molar refractivity (Wildman–Crippen MR) is 130 cm³/mol. The van der Waals surface area contributed by atoms with E-state index in [1.54, 1.807) is 4.52 Å². The molecule has 0 aliphatic carbocycles. The van der Waals surface area contributed by atoms with E-state index < -0.39 is 0 Å². The van der Waals surface area contributed by atoms with Gasteiger partial charge in [0.25, 0.3) is 5.91 Å². The fourth-order valence-corrected chi connectivity index (χ4v) is 5.19. The fourth-order valence-electron chi connectivity index (χ4n) is 4.42. The van der Waals surface area contributed by atoms with E-state index in [1.807, 2.05) is 41.3 Å². The van der Waals surface area contributed by atoms with Crippen LogP contribution in [0.4, 0.5) is 0 Å². The van der Waals surface area contributed by atoms with Crippen molar-refractivity contribution in [3.05, 3.63) is 86.6 Å². The first-order valence-electron chi connectivity index (χ1n) is 10.7. The highest BCUT2D eigenvalue weighted by atomic mass is 79.9. The summed E-state index contributed by atoms with van der Waals surface area (Å²) < 4.78 is 2.71. The van der Waals surface area contributed by atoms with Crippen LogP contribution in [-0.2, 0) is 12.8 Å². The molecule has 0 saturated carbocycles. The summed E-state index contributed by atoms with van der Waals surface area (Å²) in [4.78, 5) is 20.1. The first-order chi connectivity index (χ1) is 15.5. The van der Waals surface area contributed by atoms with E-state index in [0.717, 1.165) is 34.3 Å². The molecule has 1 amide bonds. The van der Waals surface area contributed by atoms with Gasteiger partial charge >= 0.3 is 0 Å². The largest absolute Gasteiger partial charge is 0.330 e. The SMILES string of the molecule is CCc1cc(C(=O)N2CCc3ccccc3C2C)nc2cc(-c3ccc(Br)cc3Cl)nn12. The third kappa shape index (κ3) is 3.61. The number of carbonyl (C=O) groups is 1. The molecule has 7 heteroatoms. The molecule has 0 fully saturated rings. The third-order valence-corrected chi connectivity index (χ3v) is 6.95. The van der Waals surface area contributed by atoms with Gasteiger partial charge in [0.05, 0.1) is 16.8 Å². The number of rotatable bonds is 3. The monoisotopic (exact) mass is 508 g/mol. The summed E-state index contributed by atoms with van der Waals surface area (Å²) in [5.74, 6) is -0.0476. The van der Waals surface area contributed by atoms with E-state index in [4.69, 9.17) is 21.7 Å². The van der Waals surface area contributed by atoms with Crippen molar-refractivity contribution in [3.8, 4) is 11.3 Å². The zero-order chi connectivity index (χ0) is 22.4. The molecule has 0 radical (unpaired) electrons. The molecule has 1 aliphatic heterocycles. The highest BCUT2D eigenvalue weighted by Crippen LogP contribution is 2.32. The maximum Gasteiger partial charge on any atom is 0.273 e. The number of amides is 1. The summed E-state index contributed by atoms with van der Waals surface area (Å²) >= 11 is 9.89. The Kier molecular flexibility index (Phi) is 5.51. The van der Waals surface area contributed by atoms with Crippen LogP contribution < -0.4 is 0 Å². The lowest BCUT2D eigenvalue weighted by molar-refractivity contribution is 0.0671. The maximum atomic E-state index is 13.5. The minimum absolute atomic E-state index is 0.0117. The quantitative estimate of drug-likeness (QED) is 0.334. The van der Waals surface area contributed by atoms with Crippen LogP contribution >= 0.6 is 27.5 Å². The van der Waals surface area contributed by atoms with Crippen LogP contribution in [0.1, 0.15) is 47.2 Å². The Bertz CT molecular complexity index is 1350. The second kappa shape index (κ2) is 8.34. The molecule has 2 aromatic carbocycles. The summed E-state index contributed by atoms with van der Waals surface area (Å²) in [5.41, 5.74) is 6.11. The highest BCUT2D eigenvalue weighted by molar-refractivity contribution is 9.10. The van der Waals surface area contributed by atoms with E-state index in [1.165, 1.54) is 11.1 Å². The summed E-state index contributed by atoms with van der Waals surface area (Å²) in [5, 5.41) is 5.34. The van der Waals surface area contributed by atoms with Gasteiger partial charge in [0.1, 0.15) is 5.69 Å². The van der Waals surface area contributed by atoms with Crippen molar-refractivity contribution in [2.24, 2.45) is 0 Å². The van der Waals surface area contributed by atoms with Crippen molar-refractivity contribution >= 4 is 39.1 Å². The fraction of sp³-hybridized carbons (Fsp3) is 0.240. The topological polar surface area (TPSA) is 50.5 Å². The van der Waals surface area contributed by atoms with Gasteiger partial charge < -0.3 is 4.90 Å². The van der Waals surface area contributed by atoms with Crippen molar-refractivity contribution in [2.45, 2.75) is 32.7 Å². The average molecular weight is 510 g/mol. The number of aromatic nitrogens is 3. The van der Waals surface area contributed by atoms with E-state index in [2.05, 4.69) is 48.0 Å². The molecule has 3 heterocycles. The molecule has 1 unspecified atom stereocenters. The van der Waals surface area contributed by atoms with E-state index in [0.29, 0.717) is 22.9 Å². The van der Waals surface area contributed by atoms with Gasteiger partial charge in [0, 0.05) is 28.3 Å². The zero-order valence-electron chi connectivity index (χ0n) is 17.8. The van der Waals surface area contributed by atoms with Gasteiger partial charge in [-0.2, -0.15) is 5.10 Å². The molecular weight excluding hydrogens is 488 g/mol. The number of nitrogens with zero attached hydrogens (tertiary/aromatic N) is 4.